The summed E-state index contributed by atoms with van der Waals surface area (Å²) in [5.41, 5.74) is 1.37. The number of carbonyl (C=O) groups is 1. The second kappa shape index (κ2) is 8.24. The fraction of sp³-hybridized carbons (Fsp3) is 0.167. The van der Waals surface area contributed by atoms with Gasteiger partial charge in [0.2, 0.25) is 5.91 Å². The number of hydrogen-bond acceptors (Lipinski definition) is 5. The van der Waals surface area contributed by atoms with E-state index in [1.165, 1.54) is 7.11 Å². The van der Waals surface area contributed by atoms with Gasteiger partial charge in [0, 0.05) is 11.3 Å². The van der Waals surface area contributed by atoms with Crippen LogP contribution in [0.4, 0.5) is 5.69 Å². The predicted octanol–water partition coefficient (Wildman–Crippen LogP) is 3.92. The van der Waals surface area contributed by atoms with Crippen molar-refractivity contribution in [3.8, 4) is 22.9 Å². The zero-order valence-corrected chi connectivity index (χ0v) is 16.2. The van der Waals surface area contributed by atoms with Gasteiger partial charge in [0.25, 0.3) is 0 Å². The molecule has 7 nitrogen and oxygen atoms in total. The van der Waals surface area contributed by atoms with Gasteiger partial charge < -0.3 is 14.8 Å². The number of nitrogens with one attached hydrogen (secondary N) is 2. The van der Waals surface area contributed by atoms with Crippen molar-refractivity contribution in [2.24, 2.45) is 0 Å². The summed E-state index contributed by atoms with van der Waals surface area (Å²) in [6, 6.07) is 12.3. The van der Waals surface area contributed by atoms with Crippen molar-refractivity contribution in [1.82, 2.24) is 14.8 Å². The molecule has 0 fully saturated rings. The van der Waals surface area contributed by atoms with Gasteiger partial charge in [-0.3, -0.25) is 14.5 Å². The lowest BCUT2D eigenvalue weighted by Crippen LogP contribution is -2.19. The van der Waals surface area contributed by atoms with Crippen LogP contribution >= 0.6 is 23.8 Å². The molecule has 0 saturated carbocycles. The van der Waals surface area contributed by atoms with Gasteiger partial charge in [0.15, 0.2) is 10.6 Å². The molecule has 0 atom stereocenters. The summed E-state index contributed by atoms with van der Waals surface area (Å²) in [7, 11) is 3.13. The van der Waals surface area contributed by atoms with Gasteiger partial charge in [-0.15, -0.1) is 0 Å². The van der Waals surface area contributed by atoms with Crippen molar-refractivity contribution >= 4 is 35.4 Å². The number of halogens is 1. The third-order valence-corrected chi connectivity index (χ3v) is 4.45. The summed E-state index contributed by atoms with van der Waals surface area (Å²) in [6.45, 7) is 0.000341. The van der Waals surface area contributed by atoms with Crippen LogP contribution in [0.15, 0.2) is 42.5 Å². The number of aromatic amines is 1. The van der Waals surface area contributed by atoms with Crippen molar-refractivity contribution in [2.75, 3.05) is 19.5 Å². The number of benzene rings is 2. The molecule has 2 aromatic carbocycles. The van der Waals surface area contributed by atoms with Crippen LogP contribution in [0.5, 0.6) is 11.5 Å². The highest BCUT2D eigenvalue weighted by molar-refractivity contribution is 7.71. The van der Waals surface area contributed by atoms with E-state index in [0.717, 1.165) is 11.3 Å². The number of anilines is 1. The van der Waals surface area contributed by atoms with E-state index < -0.39 is 0 Å². The summed E-state index contributed by atoms with van der Waals surface area (Å²) in [5.74, 6) is 1.57. The number of carbonyl (C=O) groups excluding carboxylic acids is 1. The molecule has 0 radical (unpaired) electrons. The molecular weight excluding hydrogens is 388 g/mol. The fourth-order valence-corrected chi connectivity index (χ4v) is 2.97. The molecule has 3 rings (SSSR count). The third-order valence-electron chi connectivity index (χ3n) is 3.84. The first-order chi connectivity index (χ1) is 13.0. The van der Waals surface area contributed by atoms with Crippen LogP contribution in [0.1, 0.15) is 0 Å². The number of ether oxygens (including phenoxy) is 2. The number of rotatable bonds is 6. The van der Waals surface area contributed by atoms with Gasteiger partial charge in [-0.2, -0.15) is 5.10 Å². The molecule has 0 saturated heterocycles. The molecular formula is C18H17ClN4O3S. The molecule has 0 aliphatic rings. The molecule has 1 amide bonds. The van der Waals surface area contributed by atoms with Crippen LogP contribution in [-0.4, -0.2) is 34.9 Å². The molecule has 27 heavy (non-hydrogen) atoms. The molecule has 1 aromatic heterocycles. The van der Waals surface area contributed by atoms with E-state index in [0.29, 0.717) is 27.1 Å². The average Bonchev–Trinajstić information content (AvgIpc) is 3.02. The summed E-state index contributed by atoms with van der Waals surface area (Å²) >= 11 is 11.3. The second-order valence-corrected chi connectivity index (χ2v) is 6.36. The summed E-state index contributed by atoms with van der Waals surface area (Å²) in [5, 5.41) is 10.2. The highest BCUT2D eigenvalue weighted by Gasteiger charge is 2.13. The highest BCUT2D eigenvalue weighted by Crippen LogP contribution is 2.27. The Kier molecular flexibility index (Phi) is 5.78. The Morgan fingerprint density at radius 2 is 1.96 bits per heavy atom. The van der Waals surface area contributed by atoms with Gasteiger partial charge >= 0.3 is 0 Å². The van der Waals surface area contributed by atoms with Crippen LogP contribution in [-0.2, 0) is 11.3 Å². The van der Waals surface area contributed by atoms with E-state index in [1.807, 2.05) is 24.3 Å². The van der Waals surface area contributed by atoms with Gasteiger partial charge in [-0.25, -0.2) is 0 Å². The number of amides is 1. The minimum atomic E-state index is -0.261. The molecule has 9 heteroatoms. The molecule has 1 heterocycles. The Morgan fingerprint density at radius 1 is 1.22 bits per heavy atom. The van der Waals surface area contributed by atoms with Crippen molar-refractivity contribution in [3.63, 3.8) is 0 Å². The molecule has 0 spiro atoms. The minimum Gasteiger partial charge on any atom is -0.497 e. The van der Waals surface area contributed by atoms with Crippen LogP contribution in [0.2, 0.25) is 5.02 Å². The Bertz CT molecular complexity index is 1010. The van der Waals surface area contributed by atoms with E-state index in [4.69, 9.17) is 33.3 Å². The van der Waals surface area contributed by atoms with Crippen molar-refractivity contribution in [1.29, 1.82) is 0 Å². The fourth-order valence-electron chi connectivity index (χ4n) is 2.51. The van der Waals surface area contributed by atoms with Crippen LogP contribution in [0.25, 0.3) is 11.4 Å². The molecule has 140 valence electrons. The van der Waals surface area contributed by atoms with E-state index in [-0.39, 0.29) is 12.5 Å². The van der Waals surface area contributed by atoms with Crippen molar-refractivity contribution < 1.29 is 14.3 Å². The molecule has 0 aliphatic carbocycles. The van der Waals surface area contributed by atoms with E-state index in [1.54, 1.807) is 29.9 Å². The average molecular weight is 405 g/mol. The number of methoxy groups -OCH3 is 2. The standard InChI is InChI=1S/C18H17ClN4O3S/c1-25-13-6-3-11(4-7-13)17-21-22-18(27)23(17)10-16(24)20-12-5-8-15(26-2)14(19)9-12/h3-9H,10H2,1-2H3,(H,20,24)(H,22,27). The maximum absolute atomic E-state index is 12.5. The van der Waals surface area contributed by atoms with Crippen molar-refractivity contribution in [2.45, 2.75) is 6.54 Å². The molecule has 0 unspecified atom stereocenters. The van der Waals surface area contributed by atoms with Gasteiger partial charge in [-0.1, -0.05) is 11.6 Å². The summed E-state index contributed by atoms with van der Waals surface area (Å²) in [6.07, 6.45) is 0. The van der Waals surface area contributed by atoms with Crippen molar-refractivity contribution in [3.05, 3.63) is 52.3 Å². The van der Waals surface area contributed by atoms with E-state index in [2.05, 4.69) is 15.5 Å². The number of aromatic nitrogens is 3. The van der Waals surface area contributed by atoms with Gasteiger partial charge in [-0.05, 0) is 54.7 Å². The lowest BCUT2D eigenvalue weighted by molar-refractivity contribution is -0.116. The third kappa shape index (κ3) is 4.29. The zero-order chi connectivity index (χ0) is 19.4. The van der Waals surface area contributed by atoms with E-state index >= 15 is 0 Å². The van der Waals surface area contributed by atoms with Gasteiger partial charge in [0.05, 0.1) is 19.2 Å². The smallest absolute Gasteiger partial charge is 0.244 e. The Balaban J connectivity index is 1.79. The number of H-pyrrole nitrogens is 1. The normalized spacial score (nSPS) is 10.5. The monoisotopic (exact) mass is 404 g/mol. The molecule has 0 bridgehead atoms. The first kappa shape index (κ1) is 18.9. The minimum absolute atomic E-state index is 0.000341. The summed E-state index contributed by atoms with van der Waals surface area (Å²) in [4.78, 5) is 12.5. The quantitative estimate of drug-likeness (QED) is 0.608. The van der Waals surface area contributed by atoms with Crippen LogP contribution in [0.3, 0.4) is 0 Å². The first-order valence-corrected chi connectivity index (χ1v) is 8.73. The lowest BCUT2D eigenvalue weighted by Gasteiger charge is -2.10. The maximum Gasteiger partial charge on any atom is 0.244 e. The largest absolute Gasteiger partial charge is 0.497 e. The summed E-state index contributed by atoms with van der Waals surface area (Å²) < 4.78 is 12.2. The lowest BCUT2D eigenvalue weighted by atomic mass is 10.2. The Hall–Kier alpha value is -2.84. The Morgan fingerprint density at radius 3 is 2.59 bits per heavy atom. The second-order valence-electron chi connectivity index (χ2n) is 5.56. The van der Waals surface area contributed by atoms with Crippen LogP contribution < -0.4 is 14.8 Å². The number of hydrogen-bond donors (Lipinski definition) is 2. The highest BCUT2D eigenvalue weighted by atomic mass is 35.5. The number of nitrogens with zero attached hydrogens (tertiary/aromatic N) is 2. The molecule has 3 aromatic rings. The maximum atomic E-state index is 12.5. The zero-order valence-electron chi connectivity index (χ0n) is 14.7. The van der Waals surface area contributed by atoms with Gasteiger partial charge in [0.1, 0.15) is 18.0 Å². The molecule has 0 aliphatic heterocycles. The van der Waals surface area contributed by atoms with Crippen LogP contribution in [0, 0.1) is 4.77 Å². The predicted molar refractivity (Wildman–Crippen MR) is 106 cm³/mol. The molecule has 2 N–H and O–H groups in total. The SMILES string of the molecule is COc1ccc(-c2n[nH]c(=S)n2CC(=O)Nc2ccc(OC)c(Cl)c2)cc1. The Labute approximate surface area is 165 Å². The topological polar surface area (TPSA) is 81.2 Å². The van der Waals surface area contributed by atoms with E-state index in [9.17, 15) is 4.79 Å². The first-order valence-electron chi connectivity index (χ1n) is 7.95.